The van der Waals surface area contributed by atoms with Crippen LogP contribution in [0.5, 0.6) is 5.75 Å². The van der Waals surface area contributed by atoms with E-state index in [0.29, 0.717) is 13.0 Å². The van der Waals surface area contributed by atoms with Crippen LogP contribution >= 0.6 is 23.2 Å². The number of hydrogen-bond donors (Lipinski definition) is 0. The average Bonchev–Trinajstić information content (AvgIpc) is 2.54. The Labute approximate surface area is 153 Å². The van der Waals surface area contributed by atoms with Gasteiger partial charge in [-0.1, -0.05) is 61.9 Å². The van der Waals surface area contributed by atoms with Crippen molar-refractivity contribution < 1.29 is 19.1 Å². The minimum Gasteiger partial charge on any atom is -0.466 e. The largest absolute Gasteiger partial charge is 0.466 e. The molecule has 1 aromatic rings. The molecule has 0 aliphatic heterocycles. The summed E-state index contributed by atoms with van der Waals surface area (Å²) in [6, 6.07) is 4.85. The fourth-order valence-corrected chi connectivity index (χ4v) is 2.56. The summed E-state index contributed by atoms with van der Waals surface area (Å²) in [5.41, 5.74) is 0. The molecule has 1 aromatic carbocycles. The maximum Gasteiger partial charge on any atom is 0.311 e. The molecule has 0 aromatic heterocycles. The van der Waals surface area contributed by atoms with Gasteiger partial charge in [0.2, 0.25) is 0 Å². The first-order valence-corrected chi connectivity index (χ1v) is 9.10. The smallest absolute Gasteiger partial charge is 0.311 e. The van der Waals surface area contributed by atoms with Crippen LogP contribution in [0.3, 0.4) is 0 Å². The van der Waals surface area contributed by atoms with E-state index >= 15 is 0 Å². The molecule has 0 unspecified atom stereocenters. The van der Waals surface area contributed by atoms with Crippen LogP contribution in [0, 0.1) is 0 Å². The molecule has 4 nitrogen and oxygen atoms in total. The van der Waals surface area contributed by atoms with Gasteiger partial charge in [0.15, 0.2) is 5.75 Å². The van der Waals surface area contributed by atoms with E-state index in [9.17, 15) is 9.59 Å². The number of carbonyl (C=O) groups is 2. The standard InChI is InChI=1S/C18H24Cl2O4/c1-2-3-4-5-6-13-23-16(21)11-8-12-17(22)24-18-14(19)9-7-10-15(18)20/h7,9-10H,2-6,8,11-13H2,1H3. The molecule has 134 valence electrons. The van der Waals surface area contributed by atoms with Gasteiger partial charge < -0.3 is 9.47 Å². The molecule has 0 heterocycles. The molecule has 1 rings (SSSR count). The molecule has 0 spiro atoms. The molecule has 0 atom stereocenters. The van der Waals surface area contributed by atoms with Crippen molar-refractivity contribution in [2.45, 2.75) is 58.3 Å². The maximum atomic E-state index is 11.8. The van der Waals surface area contributed by atoms with Crippen LogP contribution in [0.4, 0.5) is 0 Å². The lowest BCUT2D eigenvalue weighted by Crippen LogP contribution is -2.11. The molecule has 0 aliphatic carbocycles. The number of hydrogen-bond acceptors (Lipinski definition) is 4. The van der Waals surface area contributed by atoms with Crippen LogP contribution in [0.2, 0.25) is 10.0 Å². The van der Waals surface area contributed by atoms with Crippen molar-refractivity contribution in [3.05, 3.63) is 28.2 Å². The first kappa shape index (κ1) is 20.8. The maximum absolute atomic E-state index is 11.8. The number of ether oxygens (including phenoxy) is 2. The lowest BCUT2D eigenvalue weighted by molar-refractivity contribution is -0.144. The van der Waals surface area contributed by atoms with Gasteiger partial charge in [0.1, 0.15) is 0 Å². The Hall–Kier alpha value is -1.26. The molecule has 6 heteroatoms. The number of halogens is 2. The van der Waals surface area contributed by atoms with Crippen molar-refractivity contribution in [2.75, 3.05) is 6.61 Å². The molecule has 0 aliphatic rings. The lowest BCUT2D eigenvalue weighted by Gasteiger charge is -2.08. The van der Waals surface area contributed by atoms with E-state index in [0.717, 1.165) is 12.8 Å². The Morgan fingerprint density at radius 3 is 2.21 bits per heavy atom. The van der Waals surface area contributed by atoms with E-state index in [1.807, 2.05) is 0 Å². The Morgan fingerprint density at radius 1 is 0.917 bits per heavy atom. The first-order valence-electron chi connectivity index (χ1n) is 8.35. The molecule has 0 fully saturated rings. The zero-order chi connectivity index (χ0) is 17.8. The summed E-state index contributed by atoms with van der Waals surface area (Å²) in [6.45, 7) is 2.60. The van der Waals surface area contributed by atoms with Crippen LogP contribution in [-0.2, 0) is 14.3 Å². The summed E-state index contributed by atoms with van der Waals surface area (Å²) >= 11 is 11.8. The van der Waals surface area contributed by atoms with Crippen molar-refractivity contribution in [3.63, 3.8) is 0 Å². The fourth-order valence-electron chi connectivity index (χ4n) is 2.09. The second-order valence-electron chi connectivity index (χ2n) is 5.51. The number of para-hydroxylation sites is 1. The van der Waals surface area contributed by atoms with Gasteiger partial charge in [-0.25, -0.2) is 0 Å². The number of esters is 2. The highest BCUT2D eigenvalue weighted by Gasteiger charge is 2.13. The minimum atomic E-state index is -0.475. The van der Waals surface area contributed by atoms with Crippen molar-refractivity contribution in [2.24, 2.45) is 0 Å². The van der Waals surface area contributed by atoms with Gasteiger partial charge in [-0.15, -0.1) is 0 Å². The van der Waals surface area contributed by atoms with Gasteiger partial charge in [0, 0.05) is 12.8 Å². The van der Waals surface area contributed by atoms with E-state index in [2.05, 4.69) is 6.92 Å². The summed E-state index contributed by atoms with van der Waals surface area (Å²) < 4.78 is 10.3. The SMILES string of the molecule is CCCCCCCOC(=O)CCCC(=O)Oc1c(Cl)cccc1Cl. The molecule has 0 amide bonds. The van der Waals surface area contributed by atoms with Crippen LogP contribution in [0.15, 0.2) is 18.2 Å². The van der Waals surface area contributed by atoms with E-state index in [-0.39, 0.29) is 34.6 Å². The lowest BCUT2D eigenvalue weighted by atomic mass is 10.2. The van der Waals surface area contributed by atoms with Crippen molar-refractivity contribution in [1.29, 1.82) is 0 Å². The summed E-state index contributed by atoms with van der Waals surface area (Å²) in [5.74, 6) is -0.605. The highest BCUT2D eigenvalue weighted by Crippen LogP contribution is 2.32. The van der Waals surface area contributed by atoms with E-state index in [1.54, 1.807) is 18.2 Å². The average molecular weight is 375 g/mol. The summed E-state index contributed by atoms with van der Waals surface area (Å²) in [7, 11) is 0. The second-order valence-corrected chi connectivity index (χ2v) is 6.33. The minimum absolute atomic E-state index is 0.104. The Morgan fingerprint density at radius 2 is 1.54 bits per heavy atom. The fraction of sp³-hybridized carbons (Fsp3) is 0.556. The second kappa shape index (κ2) is 12.2. The van der Waals surface area contributed by atoms with Crippen molar-refractivity contribution >= 4 is 35.1 Å². The molecular formula is C18H24Cl2O4. The van der Waals surface area contributed by atoms with E-state index < -0.39 is 5.97 Å². The van der Waals surface area contributed by atoms with Crippen LogP contribution in [-0.4, -0.2) is 18.5 Å². The van der Waals surface area contributed by atoms with Gasteiger partial charge in [-0.2, -0.15) is 0 Å². The Kier molecular flexibility index (Phi) is 10.5. The zero-order valence-electron chi connectivity index (χ0n) is 14.0. The monoisotopic (exact) mass is 374 g/mol. The predicted molar refractivity (Wildman–Crippen MR) is 95.7 cm³/mol. The highest BCUT2D eigenvalue weighted by atomic mass is 35.5. The first-order chi connectivity index (χ1) is 11.5. The molecule has 0 N–H and O–H groups in total. The van der Waals surface area contributed by atoms with E-state index in [1.165, 1.54) is 19.3 Å². The third kappa shape index (κ3) is 8.55. The topological polar surface area (TPSA) is 52.6 Å². The van der Waals surface area contributed by atoms with Crippen molar-refractivity contribution in [1.82, 2.24) is 0 Å². The molecular weight excluding hydrogens is 351 g/mol. The summed E-state index contributed by atoms with van der Waals surface area (Å²) in [6.07, 6.45) is 6.21. The molecule has 0 radical (unpaired) electrons. The molecule has 0 saturated carbocycles. The Bertz CT molecular complexity index is 512. The normalized spacial score (nSPS) is 10.5. The number of rotatable bonds is 11. The summed E-state index contributed by atoms with van der Waals surface area (Å²) in [5, 5.41) is 0.552. The van der Waals surface area contributed by atoms with Gasteiger partial charge >= 0.3 is 11.9 Å². The molecule has 0 saturated heterocycles. The van der Waals surface area contributed by atoms with Crippen LogP contribution in [0.1, 0.15) is 58.3 Å². The zero-order valence-corrected chi connectivity index (χ0v) is 15.5. The quantitative estimate of drug-likeness (QED) is 0.288. The summed E-state index contributed by atoms with van der Waals surface area (Å²) in [4.78, 5) is 23.3. The van der Waals surface area contributed by atoms with Crippen LogP contribution < -0.4 is 4.74 Å². The highest BCUT2D eigenvalue weighted by molar-refractivity contribution is 6.37. The molecule has 0 bridgehead atoms. The third-order valence-corrected chi connectivity index (χ3v) is 4.00. The number of benzene rings is 1. The Balaban J connectivity index is 2.15. The van der Waals surface area contributed by atoms with Crippen LogP contribution in [0.25, 0.3) is 0 Å². The number of unbranched alkanes of at least 4 members (excludes halogenated alkanes) is 4. The van der Waals surface area contributed by atoms with Crippen molar-refractivity contribution in [3.8, 4) is 5.75 Å². The van der Waals surface area contributed by atoms with Gasteiger partial charge in [0.05, 0.1) is 16.7 Å². The van der Waals surface area contributed by atoms with Gasteiger partial charge in [0.25, 0.3) is 0 Å². The molecule has 24 heavy (non-hydrogen) atoms. The third-order valence-electron chi connectivity index (χ3n) is 3.41. The number of carbonyl (C=O) groups excluding carboxylic acids is 2. The van der Waals surface area contributed by atoms with E-state index in [4.69, 9.17) is 32.7 Å². The predicted octanol–water partition coefficient (Wildman–Crippen LogP) is 5.58. The van der Waals surface area contributed by atoms with Gasteiger partial charge in [-0.3, -0.25) is 9.59 Å². The van der Waals surface area contributed by atoms with Gasteiger partial charge in [-0.05, 0) is 25.0 Å².